The fraction of sp³-hybridized carbons (Fsp3) is 0.391. The van der Waals surface area contributed by atoms with Crippen LogP contribution in [0.2, 0.25) is 0 Å². The van der Waals surface area contributed by atoms with Gasteiger partial charge in [0, 0.05) is 39.8 Å². The van der Waals surface area contributed by atoms with Gasteiger partial charge in [-0.15, -0.1) is 0 Å². The average Bonchev–Trinajstić information content (AvgIpc) is 3.29. The molecular formula is C23H27FN6O3. The van der Waals surface area contributed by atoms with E-state index in [1.807, 2.05) is 6.07 Å². The lowest BCUT2D eigenvalue weighted by Gasteiger charge is -2.18. The maximum Gasteiger partial charge on any atom is 0.332 e. The first-order valence-corrected chi connectivity index (χ1v) is 10.8. The van der Waals surface area contributed by atoms with Crippen LogP contribution in [0, 0.1) is 5.82 Å². The van der Waals surface area contributed by atoms with Crippen molar-refractivity contribution in [3.8, 4) is 0 Å². The molecule has 0 radical (unpaired) electrons. The number of amides is 1. The van der Waals surface area contributed by atoms with Crippen LogP contribution in [-0.4, -0.2) is 44.6 Å². The minimum Gasteiger partial charge on any atom is -0.340 e. The monoisotopic (exact) mass is 454 g/mol. The number of pyridine rings is 1. The quantitative estimate of drug-likeness (QED) is 0.581. The van der Waals surface area contributed by atoms with Crippen LogP contribution in [0.5, 0.6) is 0 Å². The number of nitrogens with one attached hydrogen (secondary N) is 2. The van der Waals surface area contributed by atoms with Crippen molar-refractivity contribution in [2.24, 2.45) is 14.1 Å². The highest BCUT2D eigenvalue weighted by Gasteiger charge is 2.25. The summed E-state index contributed by atoms with van der Waals surface area (Å²) >= 11 is 0. The number of rotatable bonds is 6. The van der Waals surface area contributed by atoms with Crippen molar-refractivity contribution in [2.45, 2.75) is 31.3 Å². The number of hydrazine groups is 1. The van der Waals surface area contributed by atoms with Gasteiger partial charge in [-0.25, -0.2) is 14.2 Å². The Hall–Kier alpha value is -3.37. The molecule has 0 aliphatic carbocycles. The van der Waals surface area contributed by atoms with Crippen LogP contribution in [0.3, 0.4) is 0 Å². The predicted octanol–water partition coefficient (Wildman–Crippen LogP) is 1.23. The molecule has 4 rings (SSSR count). The number of carbonyl (C=O) groups excluding carboxylic acids is 1. The molecule has 3 heterocycles. The number of fused-ring (bicyclic) bond motifs is 1. The molecule has 1 aromatic carbocycles. The van der Waals surface area contributed by atoms with Gasteiger partial charge >= 0.3 is 5.69 Å². The number of aromatic nitrogens is 3. The van der Waals surface area contributed by atoms with Gasteiger partial charge in [-0.3, -0.25) is 29.6 Å². The molecule has 2 unspecified atom stereocenters. The Morgan fingerprint density at radius 2 is 1.97 bits per heavy atom. The summed E-state index contributed by atoms with van der Waals surface area (Å²) in [4.78, 5) is 43.2. The number of hydrogen-bond donors (Lipinski definition) is 2. The van der Waals surface area contributed by atoms with Crippen LogP contribution >= 0.6 is 0 Å². The van der Waals surface area contributed by atoms with E-state index in [4.69, 9.17) is 0 Å². The smallest absolute Gasteiger partial charge is 0.332 e. The fourth-order valence-corrected chi connectivity index (χ4v) is 4.20. The second-order valence-electron chi connectivity index (χ2n) is 8.47. The third-order valence-electron chi connectivity index (χ3n) is 6.15. The van der Waals surface area contributed by atoms with E-state index in [2.05, 4.69) is 15.8 Å². The standard InChI is InChI=1S/C23H27FN6O3/c1-28(11-5-8-16-13-19(27-26-16)14-6-4-7-15(24)12-14)22(32)18-10-9-17-20(25-18)29(2)23(33)30(3)21(17)31/h4,6-7,9-10,12,16,19,26-27H,5,8,11,13H2,1-3H3. The van der Waals surface area contributed by atoms with E-state index < -0.39 is 11.2 Å². The Labute approximate surface area is 189 Å². The first kappa shape index (κ1) is 22.8. The van der Waals surface area contributed by atoms with E-state index in [0.29, 0.717) is 6.54 Å². The van der Waals surface area contributed by atoms with E-state index in [1.165, 1.54) is 42.9 Å². The van der Waals surface area contributed by atoms with E-state index in [9.17, 15) is 18.8 Å². The van der Waals surface area contributed by atoms with Gasteiger partial charge in [0.15, 0.2) is 0 Å². The van der Waals surface area contributed by atoms with Crippen molar-refractivity contribution in [3.63, 3.8) is 0 Å². The highest BCUT2D eigenvalue weighted by Crippen LogP contribution is 2.24. The lowest BCUT2D eigenvalue weighted by atomic mass is 9.99. The Morgan fingerprint density at radius 3 is 2.73 bits per heavy atom. The summed E-state index contributed by atoms with van der Waals surface area (Å²) in [6, 6.07) is 9.88. The summed E-state index contributed by atoms with van der Waals surface area (Å²) in [5.74, 6) is -0.527. The third kappa shape index (κ3) is 4.57. The Bertz CT molecular complexity index is 1320. The molecule has 0 saturated carbocycles. The molecule has 1 saturated heterocycles. The maximum atomic E-state index is 13.5. The number of aryl methyl sites for hydroxylation is 1. The molecule has 9 nitrogen and oxygen atoms in total. The third-order valence-corrected chi connectivity index (χ3v) is 6.15. The zero-order chi connectivity index (χ0) is 23.7. The van der Waals surface area contributed by atoms with Crippen LogP contribution in [0.25, 0.3) is 11.0 Å². The van der Waals surface area contributed by atoms with Crippen LogP contribution in [-0.2, 0) is 14.1 Å². The lowest BCUT2D eigenvalue weighted by Crippen LogP contribution is -2.37. The molecule has 1 aliphatic rings. The Morgan fingerprint density at radius 1 is 1.18 bits per heavy atom. The molecule has 10 heteroatoms. The largest absolute Gasteiger partial charge is 0.340 e. The summed E-state index contributed by atoms with van der Waals surface area (Å²) < 4.78 is 15.7. The van der Waals surface area contributed by atoms with Gasteiger partial charge in [-0.05, 0) is 49.1 Å². The van der Waals surface area contributed by atoms with Crippen molar-refractivity contribution in [1.82, 2.24) is 29.9 Å². The number of halogens is 1. The van der Waals surface area contributed by atoms with Gasteiger partial charge in [0.1, 0.15) is 17.2 Å². The van der Waals surface area contributed by atoms with Crippen molar-refractivity contribution in [1.29, 1.82) is 0 Å². The first-order valence-electron chi connectivity index (χ1n) is 10.8. The van der Waals surface area contributed by atoms with Crippen LogP contribution in [0.15, 0.2) is 46.0 Å². The molecule has 0 spiro atoms. The summed E-state index contributed by atoms with van der Waals surface area (Å²) in [5, 5.41) is 0.284. The first-order chi connectivity index (χ1) is 15.8. The van der Waals surface area contributed by atoms with Crippen LogP contribution in [0.4, 0.5) is 4.39 Å². The number of carbonyl (C=O) groups is 1. The molecule has 2 N–H and O–H groups in total. The maximum absolute atomic E-state index is 13.5. The van der Waals surface area contributed by atoms with Gasteiger partial charge in [0.05, 0.1) is 5.39 Å². The molecule has 3 aromatic rings. The van der Waals surface area contributed by atoms with Crippen molar-refractivity contribution >= 4 is 16.9 Å². The van der Waals surface area contributed by atoms with Gasteiger partial charge < -0.3 is 4.90 Å². The molecule has 174 valence electrons. The summed E-state index contributed by atoms with van der Waals surface area (Å²) in [6.07, 6.45) is 2.44. The zero-order valence-corrected chi connectivity index (χ0v) is 18.8. The normalized spacial score (nSPS) is 18.1. The van der Waals surface area contributed by atoms with Gasteiger partial charge in [0.2, 0.25) is 0 Å². The molecule has 2 aromatic heterocycles. The van der Waals surface area contributed by atoms with Gasteiger partial charge in [0.25, 0.3) is 11.5 Å². The molecule has 1 aliphatic heterocycles. The van der Waals surface area contributed by atoms with E-state index in [1.54, 1.807) is 18.0 Å². The summed E-state index contributed by atoms with van der Waals surface area (Å²) in [7, 11) is 4.63. The second-order valence-corrected chi connectivity index (χ2v) is 8.47. The minimum absolute atomic E-state index is 0.0474. The average molecular weight is 455 g/mol. The van der Waals surface area contributed by atoms with Gasteiger partial charge in [-0.1, -0.05) is 12.1 Å². The molecule has 2 atom stereocenters. The molecule has 0 bridgehead atoms. The van der Waals surface area contributed by atoms with E-state index in [-0.39, 0.29) is 40.5 Å². The predicted molar refractivity (Wildman–Crippen MR) is 122 cm³/mol. The van der Waals surface area contributed by atoms with Crippen molar-refractivity contribution in [3.05, 3.63) is 74.3 Å². The zero-order valence-electron chi connectivity index (χ0n) is 18.8. The lowest BCUT2D eigenvalue weighted by molar-refractivity contribution is 0.0786. The minimum atomic E-state index is -0.493. The molecule has 1 amide bonds. The highest BCUT2D eigenvalue weighted by atomic mass is 19.1. The van der Waals surface area contributed by atoms with Crippen LogP contribution < -0.4 is 22.1 Å². The number of benzene rings is 1. The molecular weight excluding hydrogens is 427 g/mol. The topological polar surface area (TPSA) is 101 Å². The van der Waals surface area contributed by atoms with Gasteiger partial charge in [-0.2, -0.15) is 0 Å². The van der Waals surface area contributed by atoms with Crippen molar-refractivity contribution < 1.29 is 9.18 Å². The SMILES string of the molecule is CN(CCCC1CC(c2cccc(F)c2)NN1)C(=O)c1ccc2c(=O)n(C)c(=O)n(C)c2n1. The second kappa shape index (κ2) is 9.24. The van der Waals surface area contributed by atoms with E-state index >= 15 is 0 Å². The Balaban J connectivity index is 1.36. The summed E-state index contributed by atoms with van der Waals surface area (Å²) in [5.41, 5.74) is 6.80. The Kier molecular flexibility index (Phi) is 6.39. The molecule has 1 fully saturated rings. The van der Waals surface area contributed by atoms with Crippen molar-refractivity contribution in [2.75, 3.05) is 13.6 Å². The summed E-state index contributed by atoms with van der Waals surface area (Å²) in [6.45, 7) is 0.525. The molecule has 33 heavy (non-hydrogen) atoms. The van der Waals surface area contributed by atoms with Crippen LogP contribution in [0.1, 0.15) is 41.4 Å². The number of hydrogen-bond acceptors (Lipinski definition) is 6. The fourth-order valence-electron chi connectivity index (χ4n) is 4.20. The van der Waals surface area contributed by atoms with E-state index in [0.717, 1.165) is 29.4 Å². The highest BCUT2D eigenvalue weighted by molar-refractivity contribution is 5.94. The number of nitrogens with zero attached hydrogens (tertiary/aromatic N) is 4.